The molecule has 0 heterocycles. The smallest absolute Gasteiger partial charge is 0.393 e. The van der Waals surface area contributed by atoms with Crippen molar-refractivity contribution in [3.05, 3.63) is 0 Å². The molecule has 0 aromatic heterocycles. The van der Waals surface area contributed by atoms with E-state index in [1.807, 2.05) is 62.3 Å². The first-order chi connectivity index (χ1) is 8.22. The van der Waals surface area contributed by atoms with Crippen LogP contribution in [0.15, 0.2) is 0 Å². The lowest BCUT2D eigenvalue weighted by molar-refractivity contribution is 0.0539. The molecule has 0 amide bonds. The van der Waals surface area contributed by atoms with Crippen molar-refractivity contribution in [3.63, 3.8) is 0 Å². The van der Waals surface area contributed by atoms with E-state index in [0.717, 1.165) is 0 Å². The highest BCUT2D eigenvalue weighted by atomic mass is 28.4. The first kappa shape index (κ1) is 19.1. The standard InChI is InChI=1S/C15H33FO2Si/c1-11(2)13(17)10-12(3)18-19(16,14(4,5)6)15(7,8)9/h11-13,17H,10H2,1-9H3/t12-,13+/m1/s1. The molecule has 0 unspecified atom stereocenters. The third-order valence-corrected chi connectivity index (χ3v) is 8.22. The molecule has 1 N–H and O–H groups in total. The molecule has 0 aliphatic rings. The number of aliphatic hydroxyl groups is 1. The van der Waals surface area contributed by atoms with Gasteiger partial charge in [0.05, 0.1) is 6.10 Å². The highest BCUT2D eigenvalue weighted by Gasteiger charge is 2.58. The van der Waals surface area contributed by atoms with E-state index in [4.69, 9.17) is 4.43 Å². The highest BCUT2D eigenvalue weighted by molar-refractivity contribution is 6.72. The molecule has 0 bridgehead atoms. The molecule has 0 fully saturated rings. The predicted octanol–water partition coefficient (Wildman–Crippen LogP) is 4.81. The minimum absolute atomic E-state index is 0.172. The summed E-state index contributed by atoms with van der Waals surface area (Å²) < 4.78 is 21.4. The van der Waals surface area contributed by atoms with Gasteiger partial charge in [-0.15, -0.1) is 0 Å². The van der Waals surface area contributed by atoms with Gasteiger partial charge in [0.15, 0.2) is 0 Å². The van der Waals surface area contributed by atoms with Gasteiger partial charge in [-0.2, -0.15) is 0 Å². The monoisotopic (exact) mass is 292 g/mol. The van der Waals surface area contributed by atoms with Gasteiger partial charge in [-0.3, -0.25) is 4.11 Å². The Kier molecular flexibility index (Phi) is 6.25. The molecule has 0 radical (unpaired) electrons. The van der Waals surface area contributed by atoms with Crippen LogP contribution in [0.25, 0.3) is 0 Å². The van der Waals surface area contributed by atoms with E-state index in [9.17, 15) is 5.11 Å². The van der Waals surface area contributed by atoms with Crippen LogP contribution in [0.2, 0.25) is 10.1 Å². The molecule has 4 heteroatoms. The molecular formula is C15H33FO2Si. The number of aliphatic hydroxyl groups excluding tert-OH is 1. The van der Waals surface area contributed by atoms with Crippen molar-refractivity contribution < 1.29 is 13.6 Å². The van der Waals surface area contributed by atoms with Gasteiger partial charge >= 0.3 is 8.65 Å². The van der Waals surface area contributed by atoms with E-state index in [-0.39, 0.29) is 12.0 Å². The molecule has 0 aliphatic carbocycles. The van der Waals surface area contributed by atoms with Gasteiger partial charge in [-0.1, -0.05) is 55.4 Å². The van der Waals surface area contributed by atoms with Crippen molar-refractivity contribution in [2.24, 2.45) is 5.92 Å². The van der Waals surface area contributed by atoms with Crippen molar-refractivity contribution in [2.75, 3.05) is 0 Å². The Morgan fingerprint density at radius 3 is 1.63 bits per heavy atom. The zero-order valence-electron chi connectivity index (χ0n) is 14.2. The lowest BCUT2D eigenvalue weighted by atomic mass is 10.0. The zero-order valence-corrected chi connectivity index (χ0v) is 15.2. The molecule has 0 aliphatic heterocycles. The summed E-state index contributed by atoms with van der Waals surface area (Å²) in [6, 6.07) is 0. The van der Waals surface area contributed by atoms with Crippen molar-refractivity contribution in [1.29, 1.82) is 0 Å². The number of halogens is 1. The Bertz CT molecular complexity index is 265. The minimum Gasteiger partial charge on any atom is -0.393 e. The largest absolute Gasteiger partial charge is 0.394 e. The fourth-order valence-corrected chi connectivity index (χ4v) is 6.02. The van der Waals surface area contributed by atoms with Crippen LogP contribution in [0.1, 0.15) is 68.7 Å². The van der Waals surface area contributed by atoms with Gasteiger partial charge in [-0.05, 0) is 19.3 Å². The number of hydrogen-bond donors (Lipinski definition) is 1. The molecule has 0 rings (SSSR count). The highest BCUT2D eigenvalue weighted by Crippen LogP contribution is 2.53. The topological polar surface area (TPSA) is 29.5 Å². The van der Waals surface area contributed by atoms with Crippen LogP contribution < -0.4 is 0 Å². The molecule has 0 saturated carbocycles. The normalized spacial score (nSPS) is 17.7. The summed E-state index contributed by atoms with van der Waals surface area (Å²) >= 11 is 0. The van der Waals surface area contributed by atoms with Crippen LogP contribution in [-0.4, -0.2) is 26.0 Å². The van der Waals surface area contributed by atoms with Crippen molar-refractivity contribution in [2.45, 2.75) is 91.0 Å². The molecule has 2 nitrogen and oxygen atoms in total. The first-order valence-electron chi connectivity index (χ1n) is 7.27. The Labute approximate surface area is 120 Å². The number of hydrogen-bond acceptors (Lipinski definition) is 2. The van der Waals surface area contributed by atoms with E-state index >= 15 is 4.11 Å². The van der Waals surface area contributed by atoms with Crippen LogP contribution in [0.5, 0.6) is 0 Å². The SMILES string of the molecule is CC(C)[C@@H](O)C[C@@H](C)O[Si](F)(C(C)(C)C)C(C)(C)C. The van der Waals surface area contributed by atoms with Crippen molar-refractivity contribution in [1.82, 2.24) is 0 Å². The number of rotatable bonds is 5. The summed E-state index contributed by atoms with van der Waals surface area (Å²) in [6.45, 7) is 17.3. The van der Waals surface area contributed by atoms with Gasteiger partial charge in [0.1, 0.15) is 0 Å². The lowest BCUT2D eigenvalue weighted by Crippen LogP contribution is -2.52. The molecule has 0 aromatic carbocycles. The summed E-state index contributed by atoms with van der Waals surface area (Å²) in [5.74, 6) is 0.172. The maximum Gasteiger partial charge on any atom is 0.394 e. The summed E-state index contributed by atoms with van der Waals surface area (Å²) in [4.78, 5) is 0. The quantitative estimate of drug-likeness (QED) is 0.582. The van der Waals surface area contributed by atoms with Gasteiger partial charge in [0.25, 0.3) is 0 Å². The van der Waals surface area contributed by atoms with Crippen LogP contribution in [0.3, 0.4) is 0 Å². The second kappa shape index (κ2) is 6.23. The van der Waals surface area contributed by atoms with Gasteiger partial charge < -0.3 is 9.53 Å². The van der Waals surface area contributed by atoms with Crippen molar-refractivity contribution >= 4 is 8.65 Å². The summed E-state index contributed by atoms with van der Waals surface area (Å²) in [5, 5.41) is 8.94. The summed E-state index contributed by atoms with van der Waals surface area (Å²) in [6.07, 6.45) is -0.205. The predicted molar refractivity (Wildman–Crippen MR) is 82.3 cm³/mol. The van der Waals surface area contributed by atoms with E-state index in [1.165, 1.54) is 0 Å². The molecule has 19 heavy (non-hydrogen) atoms. The molecule has 0 saturated heterocycles. The van der Waals surface area contributed by atoms with Crippen LogP contribution in [0.4, 0.5) is 4.11 Å². The van der Waals surface area contributed by atoms with E-state index in [1.54, 1.807) is 0 Å². The summed E-state index contributed by atoms with van der Waals surface area (Å²) in [5.41, 5.74) is 0. The second-order valence-corrected chi connectivity index (χ2v) is 12.5. The fourth-order valence-electron chi connectivity index (χ4n) is 2.42. The molecule has 2 atom stereocenters. The molecule has 0 aromatic rings. The van der Waals surface area contributed by atoms with Gasteiger partial charge in [0.2, 0.25) is 0 Å². The summed E-state index contributed by atoms with van der Waals surface area (Å²) in [7, 11) is -3.43. The third kappa shape index (κ3) is 4.83. The molecule has 0 spiro atoms. The van der Waals surface area contributed by atoms with E-state index in [0.29, 0.717) is 6.42 Å². The second-order valence-electron chi connectivity index (χ2n) is 8.07. The van der Waals surface area contributed by atoms with Crippen LogP contribution in [-0.2, 0) is 4.43 Å². The average molecular weight is 293 g/mol. The van der Waals surface area contributed by atoms with Crippen LogP contribution >= 0.6 is 0 Å². The molecule has 116 valence electrons. The zero-order chi connectivity index (χ0) is 15.6. The van der Waals surface area contributed by atoms with Gasteiger partial charge in [-0.25, -0.2) is 0 Å². The Morgan fingerprint density at radius 1 is 1.00 bits per heavy atom. The third-order valence-electron chi connectivity index (χ3n) is 3.64. The van der Waals surface area contributed by atoms with Gasteiger partial charge in [0, 0.05) is 16.2 Å². The van der Waals surface area contributed by atoms with Crippen LogP contribution in [0, 0.1) is 5.92 Å². The Balaban J connectivity index is 4.97. The Hall–Kier alpha value is 0.0669. The lowest BCUT2D eigenvalue weighted by Gasteiger charge is -2.45. The molecular weight excluding hydrogens is 259 g/mol. The average Bonchev–Trinajstić information content (AvgIpc) is 2.13. The maximum absolute atomic E-state index is 15.5. The Morgan fingerprint density at radius 2 is 1.37 bits per heavy atom. The van der Waals surface area contributed by atoms with E-state index in [2.05, 4.69) is 0 Å². The first-order valence-corrected chi connectivity index (χ1v) is 9.06. The fraction of sp³-hybridized carbons (Fsp3) is 1.00. The van der Waals surface area contributed by atoms with Crippen molar-refractivity contribution in [3.8, 4) is 0 Å². The minimum atomic E-state index is -3.43. The maximum atomic E-state index is 15.5. The van der Waals surface area contributed by atoms with E-state index < -0.39 is 24.8 Å².